The molecular formula is C25H30ClN5O3. The van der Waals surface area contributed by atoms with Crippen LogP contribution in [0.1, 0.15) is 41.6 Å². The monoisotopic (exact) mass is 483 g/mol. The maximum Gasteiger partial charge on any atom is 0.258 e. The molecule has 1 saturated carbocycles. The third kappa shape index (κ3) is 5.20. The van der Waals surface area contributed by atoms with E-state index < -0.39 is 0 Å². The lowest BCUT2D eigenvalue weighted by molar-refractivity contribution is 0.0924. The van der Waals surface area contributed by atoms with Crippen LogP contribution in [0.2, 0.25) is 5.02 Å². The van der Waals surface area contributed by atoms with Crippen molar-refractivity contribution >= 4 is 23.5 Å². The van der Waals surface area contributed by atoms with Crippen LogP contribution in [-0.2, 0) is 5.41 Å². The highest BCUT2D eigenvalue weighted by Crippen LogP contribution is 2.41. The number of benzene rings is 2. The lowest BCUT2D eigenvalue weighted by atomic mass is 9.68. The van der Waals surface area contributed by atoms with Crippen LogP contribution in [-0.4, -0.2) is 50.6 Å². The number of nitrogens with two attached hydrogens (primary N) is 1. The molecule has 0 spiro atoms. The zero-order valence-electron chi connectivity index (χ0n) is 19.7. The number of amides is 1. The summed E-state index contributed by atoms with van der Waals surface area (Å²) in [6.45, 7) is 0.437. The van der Waals surface area contributed by atoms with Crippen LogP contribution in [0.25, 0.3) is 0 Å². The quantitative estimate of drug-likeness (QED) is 0.352. The van der Waals surface area contributed by atoms with Gasteiger partial charge in [-0.15, -0.1) is 4.99 Å². The molecule has 9 heteroatoms. The first kappa shape index (κ1) is 25.2. The van der Waals surface area contributed by atoms with Crippen molar-refractivity contribution in [1.29, 1.82) is 5.26 Å². The molecule has 1 aliphatic carbocycles. The van der Waals surface area contributed by atoms with Crippen LogP contribution in [0.4, 0.5) is 0 Å². The van der Waals surface area contributed by atoms with E-state index >= 15 is 0 Å². The number of carbonyl (C=O) groups excluding carboxylic acids is 1. The molecule has 1 aliphatic rings. The minimum absolute atomic E-state index is 0.165. The van der Waals surface area contributed by atoms with Crippen molar-refractivity contribution < 1.29 is 14.3 Å². The Morgan fingerprint density at radius 2 is 1.91 bits per heavy atom. The number of hydrogen-bond donors (Lipinski definition) is 2. The molecule has 2 aromatic carbocycles. The Balaban J connectivity index is 1.84. The van der Waals surface area contributed by atoms with E-state index in [4.69, 9.17) is 32.1 Å². The van der Waals surface area contributed by atoms with E-state index in [0.29, 0.717) is 17.3 Å². The third-order valence-corrected chi connectivity index (χ3v) is 6.98. The van der Waals surface area contributed by atoms with Gasteiger partial charge in [-0.3, -0.25) is 4.79 Å². The summed E-state index contributed by atoms with van der Waals surface area (Å²) in [5.41, 5.74) is 7.11. The van der Waals surface area contributed by atoms with Crippen molar-refractivity contribution in [2.24, 2.45) is 10.7 Å². The molecular weight excluding hydrogens is 454 g/mol. The number of ether oxygens (including phenoxy) is 2. The molecule has 2 aromatic rings. The number of nitriles is 1. The standard InChI is InChI=1S/C25H30ClN5O3/c1-31(24(28)30-16-27)18-11-13-25(14-12-18,17-7-5-4-6-8-17)15-29-23(32)21-20(33-2)10-9-19(26)22(21)34-3/h4-10,18H,11-15H2,1-3H3,(H2,28,30)(H,29,32)/t18-,25-. The third-order valence-electron chi connectivity index (χ3n) is 6.68. The van der Waals surface area contributed by atoms with Crippen molar-refractivity contribution in [3.05, 3.63) is 58.6 Å². The molecule has 1 fully saturated rings. The van der Waals surface area contributed by atoms with Crippen LogP contribution in [0.15, 0.2) is 47.5 Å². The first-order valence-electron chi connectivity index (χ1n) is 11.1. The summed E-state index contributed by atoms with van der Waals surface area (Å²) in [6.07, 6.45) is 5.08. The summed E-state index contributed by atoms with van der Waals surface area (Å²) >= 11 is 6.26. The predicted octanol–water partition coefficient (Wildman–Crippen LogP) is 3.70. The fraction of sp³-hybridized carbons (Fsp3) is 0.400. The van der Waals surface area contributed by atoms with Crippen LogP contribution in [0.5, 0.6) is 11.5 Å². The number of carbonyl (C=O) groups is 1. The molecule has 0 heterocycles. The van der Waals surface area contributed by atoms with Crippen molar-refractivity contribution in [3.8, 4) is 17.7 Å². The fourth-order valence-corrected chi connectivity index (χ4v) is 4.92. The van der Waals surface area contributed by atoms with E-state index in [1.807, 2.05) is 30.1 Å². The Morgan fingerprint density at radius 3 is 2.50 bits per heavy atom. The Kier molecular flexibility index (Phi) is 8.24. The Morgan fingerprint density at radius 1 is 1.24 bits per heavy atom. The molecule has 34 heavy (non-hydrogen) atoms. The van der Waals surface area contributed by atoms with E-state index in [9.17, 15) is 4.79 Å². The van der Waals surface area contributed by atoms with Gasteiger partial charge in [-0.25, -0.2) is 0 Å². The predicted molar refractivity (Wildman–Crippen MR) is 132 cm³/mol. The molecule has 180 valence electrons. The van der Waals surface area contributed by atoms with Crippen LogP contribution in [0, 0.1) is 11.5 Å². The average Bonchev–Trinajstić information content (AvgIpc) is 2.87. The number of halogens is 1. The number of aliphatic imine (C=N–C) groups is 1. The smallest absolute Gasteiger partial charge is 0.258 e. The molecule has 3 N–H and O–H groups in total. The first-order chi connectivity index (χ1) is 16.4. The Hall–Kier alpha value is -3.44. The minimum atomic E-state index is -0.309. The average molecular weight is 484 g/mol. The van der Waals surface area contributed by atoms with Gasteiger partial charge in [-0.2, -0.15) is 5.26 Å². The molecule has 0 aliphatic heterocycles. The number of rotatable bonds is 7. The summed E-state index contributed by atoms with van der Waals surface area (Å²) in [6, 6.07) is 13.7. The normalized spacial score (nSPS) is 20.2. The molecule has 0 aromatic heterocycles. The van der Waals surface area contributed by atoms with Gasteiger partial charge in [-0.1, -0.05) is 41.9 Å². The molecule has 0 saturated heterocycles. The van der Waals surface area contributed by atoms with Crippen LogP contribution in [0.3, 0.4) is 0 Å². The molecule has 0 bridgehead atoms. The fourth-order valence-electron chi connectivity index (χ4n) is 4.68. The SMILES string of the molecule is COc1ccc(Cl)c(OC)c1C(=O)NC[C@]1(c2ccccc2)CC[C@H](N(C)C(N)=NC#N)CC1. The molecule has 8 nitrogen and oxygen atoms in total. The zero-order chi connectivity index (χ0) is 24.7. The van der Waals surface area contributed by atoms with Gasteiger partial charge in [0.25, 0.3) is 5.91 Å². The second-order valence-electron chi connectivity index (χ2n) is 8.40. The maximum atomic E-state index is 13.3. The lowest BCUT2D eigenvalue weighted by Crippen LogP contribution is -2.49. The number of methoxy groups -OCH3 is 2. The summed E-state index contributed by atoms with van der Waals surface area (Å²) < 4.78 is 10.8. The maximum absolute atomic E-state index is 13.3. The van der Waals surface area contributed by atoms with Crippen molar-refractivity contribution in [1.82, 2.24) is 10.2 Å². The van der Waals surface area contributed by atoms with Crippen molar-refractivity contribution in [3.63, 3.8) is 0 Å². The van der Waals surface area contributed by atoms with Crippen molar-refractivity contribution in [2.45, 2.75) is 37.1 Å². The molecule has 1 amide bonds. The van der Waals surface area contributed by atoms with E-state index in [2.05, 4.69) is 22.4 Å². The van der Waals surface area contributed by atoms with E-state index in [0.717, 1.165) is 25.7 Å². The summed E-state index contributed by atoms with van der Waals surface area (Å²) in [7, 11) is 4.84. The number of guanidine groups is 1. The largest absolute Gasteiger partial charge is 0.496 e. The highest BCUT2D eigenvalue weighted by molar-refractivity contribution is 6.32. The molecule has 3 rings (SSSR count). The molecule has 0 radical (unpaired) electrons. The second-order valence-corrected chi connectivity index (χ2v) is 8.81. The van der Waals surface area contributed by atoms with Gasteiger partial charge in [0.1, 0.15) is 11.3 Å². The summed E-state index contributed by atoms with van der Waals surface area (Å²) in [4.78, 5) is 18.8. The molecule has 0 atom stereocenters. The van der Waals surface area contributed by atoms with Gasteiger partial charge < -0.3 is 25.4 Å². The van der Waals surface area contributed by atoms with Gasteiger partial charge in [0.2, 0.25) is 12.2 Å². The van der Waals surface area contributed by atoms with Gasteiger partial charge in [0, 0.05) is 25.0 Å². The number of nitrogens with one attached hydrogen (secondary N) is 1. The van der Waals surface area contributed by atoms with Gasteiger partial charge in [0.05, 0.1) is 19.2 Å². The first-order valence-corrected chi connectivity index (χ1v) is 11.4. The lowest BCUT2D eigenvalue weighted by Gasteiger charge is -2.43. The van der Waals surface area contributed by atoms with Crippen LogP contribution >= 0.6 is 11.6 Å². The Bertz CT molecular complexity index is 1080. The topological polar surface area (TPSA) is 113 Å². The van der Waals surface area contributed by atoms with E-state index in [1.165, 1.54) is 19.8 Å². The highest BCUT2D eigenvalue weighted by Gasteiger charge is 2.39. The summed E-state index contributed by atoms with van der Waals surface area (Å²) in [5, 5.41) is 12.3. The number of hydrogen-bond acceptors (Lipinski definition) is 5. The van der Waals surface area contributed by atoms with E-state index in [1.54, 1.807) is 18.3 Å². The zero-order valence-corrected chi connectivity index (χ0v) is 20.4. The van der Waals surface area contributed by atoms with E-state index in [-0.39, 0.29) is 34.6 Å². The summed E-state index contributed by atoms with van der Waals surface area (Å²) in [5.74, 6) is 0.583. The van der Waals surface area contributed by atoms with Gasteiger partial charge in [0.15, 0.2) is 5.75 Å². The minimum Gasteiger partial charge on any atom is -0.496 e. The van der Waals surface area contributed by atoms with Gasteiger partial charge in [-0.05, 0) is 43.4 Å². The van der Waals surface area contributed by atoms with Gasteiger partial charge >= 0.3 is 0 Å². The Labute approximate surface area is 205 Å². The molecule has 0 unspecified atom stereocenters. The second kappa shape index (κ2) is 11.1. The number of nitrogens with zero attached hydrogens (tertiary/aromatic N) is 3. The van der Waals surface area contributed by atoms with Crippen LogP contribution < -0.4 is 20.5 Å². The highest BCUT2D eigenvalue weighted by atomic mass is 35.5. The van der Waals surface area contributed by atoms with Crippen molar-refractivity contribution in [2.75, 3.05) is 27.8 Å².